The van der Waals surface area contributed by atoms with Gasteiger partial charge in [-0.05, 0) is 36.6 Å². The van der Waals surface area contributed by atoms with Crippen LogP contribution in [0.4, 0.5) is 10.1 Å². The molecule has 0 saturated carbocycles. The molecule has 4 nitrogen and oxygen atoms in total. The number of nitrogens with one attached hydrogen (secondary N) is 1. The van der Waals surface area contributed by atoms with Gasteiger partial charge in [0, 0.05) is 12.8 Å². The molecule has 0 aromatic heterocycles. The van der Waals surface area contributed by atoms with Crippen LogP contribution in [0.1, 0.15) is 19.4 Å². The molecule has 0 spiro atoms. The molecule has 1 atom stereocenters. The summed E-state index contributed by atoms with van der Waals surface area (Å²) in [6, 6.07) is 4.52. The number of carbonyl (C=O) groups excluding carboxylic acids is 1. The molecular formula is C14H21FN2O2. The maximum Gasteiger partial charge on any atom is 0.245 e. The minimum absolute atomic E-state index is 0.103. The van der Waals surface area contributed by atoms with Crippen molar-refractivity contribution < 1.29 is 13.9 Å². The van der Waals surface area contributed by atoms with Gasteiger partial charge in [-0.2, -0.15) is 0 Å². The standard InChI is InChI=1S/C14H21FN2O2/c1-9(2)14(8-19-4,13(16)18)17-12-6-10(3)5-11(15)7-12/h5-7,9,17H,8H2,1-4H3,(H2,16,18). The first kappa shape index (κ1) is 15.4. The van der Waals surface area contributed by atoms with Crippen molar-refractivity contribution in [3.8, 4) is 0 Å². The molecule has 1 unspecified atom stereocenters. The van der Waals surface area contributed by atoms with Crippen molar-refractivity contribution in [1.82, 2.24) is 0 Å². The predicted octanol–water partition coefficient (Wildman–Crippen LogP) is 2.07. The number of amides is 1. The first-order chi connectivity index (χ1) is 8.81. The summed E-state index contributed by atoms with van der Waals surface area (Å²) in [7, 11) is 1.50. The third-order valence-electron chi connectivity index (χ3n) is 3.21. The van der Waals surface area contributed by atoms with Gasteiger partial charge in [-0.1, -0.05) is 13.8 Å². The Labute approximate surface area is 113 Å². The number of methoxy groups -OCH3 is 1. The van der Waals surface area contributed by atoms with Gasteiger partial charge in [0.05, 0.1) is 6.61 Å². The molecule has 3 N–H and O–H groups in total. The number of hydrogen-bond acceptors (Lipinski definition) is 3. The van der Waals surface area contributed by atoms with Gasteiger partial charge in [-0.15, -0.1) is 0 Å². The summed E-state index contributed by atoms with van der Waals surface area (Å²) in [6.07, 6.45) is 0. The van der Waals surface area contributed by atoms with Gasteiger partial charge in [0.25, 0.3) is 0 Å². The molecule has 0 bridgehead atoms. The lowest BCUT2D eigenvalue weighted by atomic mass is 9.86. The lowest BCUT2D eigenvalue weighted by Gasteiger charge is -2.35. The van der Waals surface area contributed by atoms with Crippen molar-refractivity contribution in [3.63, 3.8) is 0 Å². The van der Waals surface area contributed by atoms with Gasteiger partial charge in [0.15, 0.2) is 0 Å². The topological polar surface area (TPSA) is 64.3 Å². The molecule has 0 radical (unpaired) electrons. The molecule has 1 amide bonds. The largest absolute Gasteiger partial charge is 0.382 e. The van der Waals surface area contributed by atoms with E-state index in [1.807, 2.05) is 13.8 Å². The number of carbonyl (C=O) groups is 1. The van der Waals surface area contributed by atoms with Crippen LogP contribution in [-0.4, -0.2) is 25.2 Å². The van der Waals surface area contributed by atoms with Crippen LogP contribution in [0.3, 0.4) is 0 Å². The minimum atomic E-state index is -1.06. The fourth-order valence-electron chi connectivity index (χ4n) is 2.06. The van der Waals surface area contributed by atoms with Crippen molar-refractivity contribution in [2.45, 2.75) is 26.3 Å². The molecular weight excluding hydrogens is 247 g/mol. The highest BCUT2D eigenvalue weighted by atomic mass is 19.1. The van der Waals surface area contributed by atoms with E-state index in [0.29, 0.717) is 5.69 Å². The molecule has 0 fully saturated rings. The van der Waals surface area contributed by atoms with Crippen LogP contribution in [0, 0.1) is 18.7 Å². The second-order valence-corrected chi connectivity index (χ2v) is 5.07. The normalized spacial score (nSPS) is 14.2. The molecule has 1 aromatic carbocycles. The number of benzene rings is 1. The average molecular weight is 268 g/mol. The Bertz CT molecular complexity index is 443. The highest BCUT2D eigenvalue weighted by Gasteiger charge is 2.40. The van der Waals surface area contributed by atoms with Crippen LogP contribution in [0.2, 0.25) is 0 Å². The highest BCUT2D eigenvalue weighted by molar-refractivity contribution is 5.88. The van der Waals surface area contributed by atoms with Crippen LogP contribution < -0.4 is 11.1 Å². The number of nitrogens with two attached hydrogens (primary N) is 1. The minimum Gasteiger partial charge on any atom is -0.382 e. The smallest absolute Gasteiger partial charge is 0.245 e. The molecule has 1 aromatic rings. The van der Waals surface area contributed by atoms with E-state index in [4.69, 9.17) is 10.5 Å². The number of anilines is 1. The Morgan fingerprint density at radius 1 is 1.47 bits per heavy atom. The monoisotopic (exact) mass is 268 g/mol. The van der Waals surface area contributed by atoms with Crippen LogP contribution in [0.15, 0.2) is 18.2 Å². The van der Waals surface area contributed by atoms with Gasteiger partial charge in [0.2, 0.25) is 5.91 Å². The summed E-state index contributed by atoms with van der Waals surface area (Å²) in [5.74, 6) is -0.984. The molecule has 0 aliphatic rings. The van der Waals surface area contributed by atoms with E-state index in [-0.39, 0.29) is 18.3 Å². The summed E-state index contributed by atoms with van der Waals surface area (Å²) in [5.41, 5.74) is 5.73. The van der Waals surface area contributed by atoms with Gasteiger partial charge in [-0.25, -0.2) is 4.39 Å². The second kappa shape index (κ2) is 6.02. The van der Waals surface area contributed by atoms with Crippen molar-refractivity contribution in [3.05, 3.63) is 29.6 Å². The van der Waals surface area contributed by atoms with E-state index in [9.17, 15) is 9.18 Å². The molecule has 5 heteroatoms. The zero-order valence-corrected chi connectivity index (χ0v) is 11.8. The quantitative estimate of drug-likeness (QED) is 0.830. The zero-order chi connectivity index (χ0) is 14.6. The number of aryl methyl sites for hydroxylation is 1. The Morgan fingerprint density at radius 3 is 2.53 bits per heavy atom. The number of rotatable bonds is 6. The van der Waals surface area contributed by atoms with E-state index in [0.717, 1.165) is 5.56 Å². The van der Waals surface area contributed by atoms with Gasteiger partial charge >= 0.3 is 0 Å². The Morgan fingerprint density at radius 2 is 2.11 bits per heavy atom. The summed E-state index contributed by atoms with van der Waals surface area (Å²) in [6.45, 7) is 5.63. The maximum atomic E-state index is 13.4. The van der Waals surface area contributed by atoms with Crippen LogP contribution in [0.25, 0.3) is 0 Å². The number of halogens is 1. The predicted molar refractivity (Wildman–Crippen MR) is 73.4 cm³/mol. The summed E-state index contributed by atoms with van der Waals surface area (Å²) in [4.78, 5) is 11.8. The first-order valence-electron chi connectivity index (χ1n) is 6.16. The van der Waals surface area contributed by atoms with Crippen molar-refractivity contribution in [2.24, 2.45) is 11.7 Å². The molecule has 0 saturated heterocycles. The SMILES string of the molecule is COCC(Nc1cc(C)cc(F)c1)(C(N)=O)C(C)C. The summed E-state index contributed by atoms with van der Waals surface area (Å²) in [5, 5.41) is 3.03. The van der Waals surface area contributed by atoms with E-state index in [1.165, 1.54) is 19.2 Å². The first-order valence-corrected chi connectivity index (χ1v) is 6.16. The second-order valence-electron chi connectivity index (χ2n) is 5.07. The van der Waals surface area contributed by atoms with E-state index < -0.39 is 11.4 Å². The van der Waals surface area contributed by atoms with Crippen LogP contribution in [-0.2, 0) is 9.53 Å². The van der Waals surface area contributed by atoms with Gasteiger partial charge in [0.1, 0.15) is 11.4 Å². The van der Waals surface area contributed by atoms with E-state index in [2.05, 4.69) is 5.32 Å². The molecule has 1 rings (SSSR count). The van der Waals surface area contributed by atoms with Crippen molar-refractivity contribution in [2.75, 3.05) is 19.0 Å². The Hall–Kier alpha value is -1.62. The number of hydrogen-bond donors (Lipinski definition) is 2. The van der Waals surface area contributed by atoms with Crippen LogP contribution in [0.5, 0.6) is 0 Å². The number of primary amides is 1. The lowest BCUT2D eigenvalue weighted by molar-refractivity contribution is -0.125. The highest BCUT2D eigenvalue weighted by Crippen LogP contribution is 2.25. The third-order valence-corrected chi connectivity index (χ3v) is 3.21. The van der Waals surface area contributed by atoms with Crippen molar-refractivity contribution in [1.29, 1.82) is 0 Å². The lowest BCUT2D eigenvalue weighted by Crippen LogP contribution is -2.57. The van der Waals surface area contributed by atoms with Gasteiger partial charge < -0.3 is 15.8 Å². The average Bonchev–Trinajstić information content (AvgIpc) is 2.26. The Balaban J connectivity index is 3.16. The fourth-order valence-corrected chi connectivity index (χ4v) is 2.06. The number of ether oxygens (including phenoxy) is 1. The van der Waals surface area contributed by atoms with E-state index in [1.54, 1.807) is 13.0 Å². The zero-order valence-electron chi connectivity index (χ0n) is 11.8. The fraction of sp³-hybridized carbons (Fsp3) is 0.500. The van der Waals surface area contributed by atoms with Gasteiger partial charge in [-0.3, -0.25) is 4.79 Å². The third kappa shape index (κ3) is 3.44. The van der Waals surface area contributed by atoms with Crippen molar-refractivity contribution >= 4 is 11.6 Å². The summed E-state index contributed by atoms with van der Waals surface area (Å²) >= 11 is 0. The Kier molecular flexibility index (Phi) is 4.89. The maximum absolute atomic E-state index is 13.4. The molecule has 19 heavy (non-hydrogen) atoms. The molecule has 106 valence electrons. The molecule has 0 aliphatic carbocycles. The molecule has 0 heterocycles. The summed E-state index contributed by atoms with van der Waals surface area (Å²) < 4.78 is 18.5. The van der Waals surface area contributed by atoms with Crippen LogP contribution >= 0.6 is 0 Å². The molecule has 0 aliphatic heterocycles. The van der Waals surface area contributed by atoms with E-state index >= 15 is 0 Å².